The first-order chi connectivity index (χ1) is 19.8. The van der Waals surface area contributed by atoms with E-state index in [1.807, 2.05) is 61.2 Å². The Bertz CT molecular complexity index is 1540. The molecule has 0 radical (unpaired) electrons. The van der Waals surface area contributed by atoms with Gasteiger partial charge in [-0.25, -0.2) is 13.1 Å². The summed E-state index contributed by atoms with van der Waals surface area (Å²) >= 11 is 0. The highest BCUT2D eigenvalue weighted by atomic mass is 32.2. The fraction of sp³-hybridized carbons (Fsp3) is 0.357. The minimum absolute atomic E-state index is 0.0998. The Morgan fingerprint density at radius 2 is 1.74 bits per heavy atom. The van der Waals surface area contributed by atoms with Gasteiger partial charge in [-0.05, 0) is 66.9 Å². The Kier molecular flexibility index (Phi) is 9.34. The number of carbonyl (C=O) groups excluding carboxylic acids is 2. The number of nitrogens with one attached hydrogen (secondary N) is 1. The lowest BCUT2D eigenvalue weighted by molar-refractivity contribution is -0.130. The quantitative estimate of drug-likeness (QED) is 0.391. The van der Waals surface area contributed by atoms with Gasteiger partial charge in [0.25, 0.3) is 11.8 Å². The summed E-state index contributed by atoms with van der Waals surface area (Å²) in [7, 11) is -4.49. The van der Waals surface area contributed by atoms with Crippen molar-refractivity contribution in [1.29, 1.82) is 0 Å². The van der Waals surface area contributed by atoms with Crippen LogP contribution in [-0.2, 0) is 10.0 Å². The Morgan fingerprint density at radius 1 is 1.00 bits per heavy atom. The van der Waals surface area contributed by atoms with Gasteiger partial charge in [0.1, 0.15) is 5.75 Å². The van der Waals surface area contributed by atoms with Crippen molar-refractivity contribution in [2.45, 2.75) is 26.4 Å². The number of hydrogen-bond acceptors (Lipinski definition) is 8. The highest BCUT2D eigenvalue weighted by Crippen LogP contribution is 2.28. The van der Waals surface area contributed by atoms with E-state index >= 15 is 0 Å². The second-order valence-electron chi connectivity index (χ2n) is 9.66. The van der Waals surface area contributed by atoms with E-state index in [0.29, 0.717) is 44.2 Å². The van der Waals surface area contributed by atoms with E-state index in [4.69, 9.17) is 4.74 Å². The van der Waals surface area contributed by atoms with Crippen LogP contribution in [0.2, 0.25) is 0 Å². The molecule has 2 aromatic carbocycles. The van der Waals surface area contributed by atoms with Crippen LogP contribution in [0.5, 0.6) is 5.75 Å². The molecule has 0 bridgehead atoms. The minimum Gasteiger partial charge on any atom is -0.494 e. The molecule has 0 unspecified atom stereocenters. The van der Waals surface area contributed by atoms with E-state index in [1.54, 1.807) is 9.62 Å². The molecule has 224 valence electrons. The zero-order chi connectivity index (χ0) is 30.5. The molecule has 1 N–H and O–H groups in total. The molecule has 0 aliphatic carbocycles. The number of halogens is 3. The molecule has 4 rings (SSSR count). The van der Waals surface area contributed by atoms with Gasteiger partial charge in [0.2, 0.25) is 10.0 Å². The monoisotopic (exact) mass is 605 g/mol. The molecule has 0 spiro atoms. The first-order valence-electron chi connectivity index (χ1n) is 13.2. The average molecular weight is 606 g/mol. The molecule has 1 aliphatic heterocycles. The summed E-state index contributed by atoms with van der Waals surface area (Å²) in [5.41, 5.74) is 3.18. The van der Waals surface area contributed by atoms with Crippen molar-refractivity contribution in [3.05, 3.63) is 71.4 Å². The van der Waals surface area contributed by atoms with Gasteiger partial charge >= 0.3 is 6.18 Å². The SMILES string of the molecule is CCOc1cccc(-c2ccc(C(=O)N3CCN(c4ccc(C(=O)NS(=O)(=O)CCC(F)(F)F)nn4)CC3)cc2C)c1. The second-order valence-corrected chi connectivity index (χ2v) is 11.5. The summed E-state index contributed by atoms with van der Waals surface area (Å²) in [5.74, 6) is -1.36. The number of aryl methyl sites for hydroxylation is 1. The number of sulfonamides is 1. The Hall–Kier alpha value is -4.20. The fourth-order valence-corrected chi connectivity index (χ4v) is 5.46. The highest BCUT2D eigenvalue weighted by Gasteiger charge is 2.31. The smallest absolute Gasteiger partial charge is 0.390 e. The molecule has 10 nitrogen and oxygen atoms in total. The molecule has 1 aliphatic rings. The van der Waals surface area contributed by atoms with Crippen molar-refractivity contribution >= 4 is 27.7 Å². The van der Waals surface area contributed by atoms with Crippen molar-refractivity contribution in [2.75, 3.05) is 43.4 Å². The third kappa shape index (κ3) is 7.96. The first-order valence-corrected chi connectivity index (χ1v) is 14.8. The van der Waals surface area contributed by atoms with Crippen LogP contribution in [0, 0.1) is 6.92 Å². The summed E-state index contributed by atoms with van der Waals surface area (Å²) in [4.78, 5) is 29.0. The van der Waals surface area contributed by atoms with Crippen LogP contribution in [0.4, 0.5) is 19.0 Å². The normalized spacial score (nSPS) is 14.0. The summed E-state index contributed by atoms with van der Waals surface area (Å²) < 4.78 is 67.7. The number of hydrogen-bond donors (Lipinski definition) is 1. The van der Waals surface area contributed by atoms with Gasteiger partial charge in [0.05, 0.1) is 18.8 Å². The maximum atomic E-state index is 13.2. The number of benzene rings is 2. The number of rotatable bonds is 9. The number of aromatic nitrogens is 2. The highest BCUT2D eigenvalue weighted by molar-refractivity contribution is 7.90. The maximum absolute atomic E-state index is 13.2. The summed E-state index contributed by atoms with van der Waals surface area (Å²) in [6, 6.07) is 16.1. The number of amides is 2. The summed E-state index contributed by atoms with van der Waals surface area (Å²) in [5, 5.41) is 7.69. The van der Waals surface area contributed by atoms with Gasteiger partial charge in [-0.15, -0.1) is 10.2 Å². The van der Waals surface area contributed by atoms with Crippen molar-refractivity contribution in [3.8, 4) is 16.9 Å². The third-order valence-electron chi connectivity index (χ3n) is 6.61. The number of nitrogens with zero attached hydrogens (tertiary/aromatic N) is 4. The molecule has 42 heavy (non-hydrogen) atoms. The molecule has 0 saturated carbocycles. The largest absolute Gasteiger partial charge is 0.494 e. The van der Waals surface area contributed by atoms with Gasteiger partial charge in [0.15, 0.2) is 11.5 Å². The number of piperazine rings is 1. The topological polar surface area (TPSA) is 122 Å². The van der Waals surface area contributed by atoms with Crippen LogP contribution < -0.4 is 14.4 Å². The molecule has 14 heteroatoms. The number of anilines is 1. The fourth-order valence-electron chi connectivity index (χ4n) is 4.47. The Morgan fingerprint density at radius 3 is 2.36 bits per heavy atom. The predicted molar refractivity (Wildman–Crippen MR) is 150 cm³/mol. The van der Waals surface area contributed by atoms with Crippen LogP contribution in [0.15, 0.2) is 54.6 Å². The zero-order valence-electron chi connectivity index (χ0n) is 23.0. The first kappa shape index (κ1) is 30.8. The zero-order valence-corrected chi connectivity index (χ0v) is 23.8. The van der Waals surface area contributed by atoms with Gasteiger partial charge in [-0.3, -0.25) is 9.59 Å². The standard InChI is InChI=1S/C28H30F3N5O5S/c1-3-41-22-6-4-5-20(18-22)23-8-7-21(17-19(23)2)27(38)36-14-12-35(13-15-36)25-10-9-24(32-33-25)26(37)34-42(39,40)16-11-28(29,30)31/h4-10,17-18H,3,11-16H2,1-2H3,(H,34,37). The van der Waals surface area contributed by atoms with E-state index in [-0.39, 0.29) is 11.6 Å². The molecule has 3 aromatic rings. The number of carbonyl (C=O) groups is 2. The van der Waals surface area contributed by atoms with Gasteiger partial charge in [-0.2, -0.15) is 13.2 Å². The van der Waals surface area contributed by atoms with E-state index in [0.717, 1.165) is 22.4 Å². The maximum Gasteiger partial charge on any atom is 0.390 e. The molecular weight excluding hydrogens is 575 g/mol. The van der Waals surface area contributed by atoms with Crippen molar-refractivity contribution in [2.24, 2.45) is 0 Å². The van der Waals surface area contributed by atoms with Gasteiger partial charge < -0.3 is 14.5 Å². The van der Waals surface area contributed by atoms with Gasteiger partial charge in [-0.1, -0.05) is 18.2 Å². The van der Waals surface area contributed by atoms with Crippen LogP contribution in [0.3, 0.4) is 0 Å². The van der Waals surface area contributed by atoms with E-state index < -0.39 is 34.3 Å². The molecule has 1 saturated heterocycles. The third-order valence-corrected chi connectivity index (χ3v) is 7.84. The predicted octanol–water partition coefficient (Wildman–Crippen LogP) is 3.83. The molecule has 0 atom stereocenters. The van der Waals surface area contributed by atoms with E-state index in [2.05, 4.69) is 10.2 Å². The minimum atomic E-state index is -4.67. The Balaban J connectivity index is 1.33. The molecule has 1 fully saturated rings. The average Bonchev–Trinajstić information content (AvgIpc) is 2.96. The van der Waals surface area contributed by atoms with Crippen molar-refractivity contribution < 1.29 is 35.9 Å². The van der Waals surface area contributed by atoms with Crippen LogP contribution in [-0.4, -0.2) is 80.0 Å². The Labute approximate surface area is 241 Å². The van der Waals surface area contributed by atoms with Crippen LogP contribution in [0.25, 0.3) is 11.1 Å². The molecule has 2 heterocycles. The van der Waals surface area contributed by atoms with Crippen LogP contribution in [0.1, 0.15) is 39.8 Å². The number of alkyl halides is 3. The summed E-state index contributed by atoms with van der Waals surface area (Å²) in [6.45, 7) is 6.17. The lowest BCUT2D eigenvalue weighted by Crippen LogP contribution is -2.49. The lowest BCUT2D eigenvalue weighted by Gasteiger charge is -2.35. The number of ether oxygens (including phenoxy) is 1. The van der Waals surface area contributed by atoms with Crippen LogP contribution >= 0.6 is 0 Å². The molecule has 1 aromatic heterocycles. The molecule has 2 amide bonds. The lowest BCUT2D eigenvalue weighted by atomic mass is 9.98. The van der Waals surface area contributed by atoms with Crippen molar-refractivity contribution in [1.82, 2.24) is 19.8 Å². The summed E-state index contributed by atoms with van der Waals surface area (Å²) in [6.07, 6.45) is -6.25. The van der Waals surface area contributed by atoms with Gasteiger partial charge in [0, 0.05) is 31.7 Å². The van der Waals surface area contributed by atoms with E-state index in [1.165, 1.54) is 12.1 Å². The second kappa shape index (κ2) is 12.8. The van der Waals surface area contributed by atoms with Crippen molar-refractivity contribution in [3.63, 3.8) is 0 Å². The van der Waals surface area contributed by atoms with E-state index in [9.17, 15) is 31.2 Å². The molecular formula is C28H30F3N5O5S.